The Kier molecular flexibility index (Phi) is 10.1. The Balaban J connectivity index is 1.78. The first-order chi connectivity index (χ1) is 24.6. The van der Waals surface area contributed by atoms with E-state index in [0.29, 0.717) is 24.3 Å². The third kappa shape index (κ3) is 6.44. The lowest BCUT2D eigenvalue weighted by atomic mass is 9.82. The molecule has 0 aliphatic heterocycles. The molecule has 0 amide bonds. The van der Waals surface area contributed by atoms with Crippen LogP contribution < -0.4 is 0 Å². The van der Waals surface area contributed by atoms with Gasteiger partial charge in [-0.2, -0.15) is 43.9 Å². The molecule has 0 aliphatic carbocycles. The van der Waals surface area contributed by atoms with Gasteiger partial charge in [0.25, 0.3) is 11.3 Å². The highest BCUT2D eigenvalue weighted by molar-refractivity contribution is 6.02. The van der Waals surface area contributed by atoms with E-state index in [1.165, 1.54) is 0 Å². The Morgan fingerprint density at radius 2 is 0.593 bits per heavy atom. The van der Waals surface area contributed by atoms with E-state index in [9.17, 15) is 55.7 Å². The van der Waals surface area contributed by atoms with Crippen LogP contribution in [0.3, 0.4) is 0 Å². The molecular weight excluding hydrogens is 764 g/mol. The smallest absolute Gasteiger partial charge is 0.433 e. The minimum atomic E-state index is -6.44. The van der Waals surface area contributed by atoms with Gasteiger partial charge in [0.1, 0.15) is 0 Å². The lowest BCUT2D eigenvalue weighted by molar-refractivity contribution is -0.315. The van der Waals surface area contributed by atoms with Crippen molar-refractivity contribution in [3.8, 4) is 11.1 Å². The van der Waals surface area contributed by atoms with Crippen LogP contribution in [0.4, 0.5) is 52.7 Å². The number of halogens is 12. The third-order valence-corrected chi connectivity index (χ3v) is 8.23. The first kappa shape index (κ1) is 40.7. The molecule has 4 aromatic carbocycles. The highest BCUT2D eigenvalue weighted by Gasteiger charge is 2.74. The summed E-state index contributed by atoms with van der Waals surface area (Å²) >= 11 is 0. The molecule has 4 N–H and O–H groups in total. The Bertz CT molecular complexity index is 1990. The molecule has 0 heterocycles. The zero-order valence-corrected chi connectivity index (χ0v) is 26.0. The van der Waals surface area contributed by atoms with Gasteiger partial charge in [0, 0.05) is 22.3 Å². The topological polar surface area (TPSA) is 149 Å². The number of benzene rings is 4. The maximum absolute atomic E-state index is 15.9. The lowest BCUT2D eigenvalue weighted by Crippen LogP contribution is -2.51. The van der Waals surface area contributed by atoms with Gasteiger partial charge in [-0.15, -0.1) is 0 Å². The van der Waals surface area contributed by atoms with Crippen molar-refractivity contribution in [2.45, 2.75) is 35.5 Å². The van der Waals surface area contributed by atoms with Gasteiger partial charge in [0.2, 0.25) is 0 Å². The number of hydrogen-bond acceptors (Lipinski definition) is 4. The van der Waals surface area contributed by atoms with Crippen LogP contribution in [0.5, 0.6) is 0 Å². The van der Waals surface area contributed by atoms with Crippen molar-refractivity contribution in [3.05, 3.63) is 129 Å². The fourth-order valence-corrected chi connectivity index (χ4v) is 5.43. The van der Waals surface area contributed by atoms with E-state index in [1.807, 2.05) is 0 Å². The molecule has 20 heteroatoms. The monoisotopic (exact) mass is 782 g/mol. The average molecular weight is 782 g/mol. The molecule has 0 spiro atoms. The van der Waals surface area contributed by atoms with Crippen LogP contribution in [0, 0.1) is 0 Å². The number of hydrogen-bond donors (Lipinski definition) is 4. The molecule has 0 radical (unpaired) electrons. The molecule has 4 rings (SSSR count). The molecule has 0 saturated carbocycles. The lowest BCUT2D eigenvalue weighted by Gasteiger charge is -2.36. The van der Waals surface area contributed by atoms with Gasteiger partial charge < -0.3 is 20.4 Å². The summed E-state index contributed by atoms with van der Waals surface area (Å²) in [4.78, 5) is 45.3. The van der Waals surface area contributed by atoms with E-state index in [0.717, 1.165) is 0 Å². The van der Waals surface area contributed by atoms with Crippen LogP contribution in [0.15, 0.2) is 84.9 Å². The van der Waals surface area contributed by atoms with Crippen molar-refractivity contribution >= 4 is 23.9 Å². The fourth-order valence-electron chi connectivity index (χ4n) is 5.43. The molecule has 4 aromatic rings. The van der Waals surface area contributed by atoms with Crippen LogP contribution in [0.2, 0.25) is 0 Å². The molecule has 0 bridgehead atoms. The summed E-state index contributed by atoms with van der Waals surface area (Å²) in [6, 6.07) is 3.13. The van der Waals surface area contributed by atoms with E-state index in [-0.39, 0.29) is 71.8 Å². The summed E-state index contributed by atoms with van der Waals surface area (Å²) in [5.41, 5.74) is -24.4. The second kappa shape index (κ2) is 13.4. The van der Waals surface area contributed by atoms with Gasteiger partial charge in [-0.25, -0.2) is 28.0 Å². The highest BCUT2D eigenvalue weighted by atomic mass is 19.4. The molecule has 0 aromatic heterocycles. The van der Waals surface area contributed by atoms with E-state index in [2.05, 4.69) is 0 Å². The van der Waals surface area contributed by atoms with Gasteiger partial charge in [-0.05, 0) is 35.4 Å². The Morgan fingerprint density at radius 3 is 0.815 bits per heavy atom. The van der Waals surface area contributed by atoms with Crippen molar-refractivity contribution in [2.75, 3.05) is 0 Å². The average Bonchev–Trinajstić information content (AvgIpc) is 3.09. The van der Waals surface area contributed by atoms with Gasteiger partial charge in [0.15, 0.2) is 0 Å². The number of carboxylic acids is 4. The first-order valence-corrected chi connectivity index (χ1v) is 14.3. The second-order valence-electron chi connectivity index (χ2n) is 11.4. The van der Waals surface area contributed by atoms with Crippen molar-refractivity contribution in [2.24, 2.45) is 0 Å². The van der Waals surface area contributed by atoms with E-state index >= 15 is 26.3 Å². The van der Waals surface area contributed by atoms with Gasteiger partial charge in [0.05, 0.1) is 22.3 Å². The van der Waals surface area contributed by atoms with Crippen LogP contribution in [0.25, 0.3) is 11.1 Å². The summed E-state index contributed by atoms with van der Waals surface area (Å²) in [5.74, 6) is -19.5. The molecule has 0 saturated heterocycles. The number of carboxylic acid groups (broad SMARTS) is 4. The van der Waals surface area contributed by atoms with Gasteiger partial charge in [-0.3, -0.25) is 0 Å². The van der Waals surface area contributed by atoms with Gasteiger partial charge >= 0.3 is 48.1 Å². The molecule has 286 valence electrons. The van der Waals surface area contributed by atoms with Crippen LogP contribution in [0.1, 0.15) is 63.7 Å². The first-order valence-electron chi connectivity index (χ1n) is 14.3. The summed E-state index contributed by atoms with van der Waals surface area (Å²) in [7, 11) is 0. The summed E-state index contributed by atoms with van der Waals surface area (Å²) in [6.45, 7) is 0. The minimum absolute atomic E-state index is 0.0669. The molecule has 54 heavy (non-hydrogen) atoms. The number of rotatable bonds is 11. The van der Waals surface area contributed by atoms with Crippen molar-refractivity contribution in [3.63, 3.8) is 0 Å². The summed E-state index contributed by atoms with van der Waals surface area (Å²) in [6.07, 6.45) is -12.9. The van der Waals surface area contributed by atoms with Crippen LogP contribution in [-0.2, 0) is 23.2 Å². The van der Waals surface area contributed by atoms with E-state index in [4.69, 9.17) is 10.2 Å². The maximum Gasteiger partial charge on any atom is 0.433 e. The van der Waals surface area contributed by atoms with Crippen molar-refractivity contribution in [1.82, 2.24) is 0 Å². The molecule has 0 fully saturated rings. The second-order valence-corrected chi connectivity index (χ2v) is 11.4. The maximum atomic E-state index is 15.9. The number of carbonyl (C=O) groups is 4. The summed E-state index contributed by atoms with van der Waals surface area (Å²) < 4.78 is 179. The van der Waals surface area contributed by atoms with E-state index < -0.39 is 104 Å². The molecule has 2 unspecified atom stereocenters. The number of alkyl halides is 12. The quantitative estimate of drug-likeness (QED) is 0.110. The standard InChI is InChI=1S/C34H18F12O8/c35-29(33(41,42)43,31(37,38)19-9-11-21(25(47)48)23(13-19)27(51)52)17-5-1-15(2-6-17)16-3-7-18(8-4-16)30(36,34(44,45)46)32(39,40)20-10-12-22(26(49)50)24(14-20)28(53)54/h1-14H,(H,47,48)(H,49,50)(H,51,52)(H,53,54). The predicted molar refractivity (Wildman–Crippen MR) is 158 cm³/mol. The molecule has 0 aliphatic rings. The van der Waals surface area contributed by atoms with Crippen LogP contribution >= 0.6 is 0 Å². The molecular formula is C34H18F12O8. The minimum Gasteiger partial charge on any atom is -0.478 e. The Morgan fingerprint density at radius 1 is 0.352 bits per heavy atom. The Hall–Kier alpha value is -6.08. The number of aromatic carboxylic acids is 4. The Labute approximate surface area is 292 Å². The molecule has 2 atom stereocenters. The zero-order valence-electron chi connectivity index (χ0n) is 26.0. The normalized spacial score (nSPS) is 14.8. The third-order valence-electron chi connectivity index (χ3n) is 8.23. The fraction of sp³-hybridized carbons (Fsp3) is 0.176. The van der Waals surface area contributed by atoms with E-state index in [1.54, 1.807) is 0 Å². The largest absolute Gasteiger partial charge is 0.478 e. The SMILES string of the molecule is O=C(O)c1ccc(C(F)(F)C(F)(c2ccc(-c3ccc(C(F)(C(F)(F)F)C(F)(F)c4ccc(C(=O)O)c(C(=O)O)c4)cc3)cc2)C(F)(F)F)cc1C(=O)O. The van der Waals surface area contributed by atoms with Crippen LogP contribution in [-0.4, -0.2) is 56.7 Å². The molecule has 8 nitrogen and oxygen atoms in total. The highest BCUT2D eigenvalue weighted by Crippen LogP contribution is 2.59. The summed E-state index contributed by atoms with van der Waals surface area (Å²) in [5, 5.41) is 36.5. The zero-order chi connectivity index (χ0) is 41.0. The van der Waals surface area contributed by atoms with Gasteiger partial charge in [-0.1, -0.05) is 60.7 Å². The van der Waals surface area contributed by atoms with Crippen molar-refractivity contribution in [1.29, 1.82) is 0 Å². The van der Waals surface area contributed by atoms with Crippen molar-refractivity contribution < 1.29 is 92.3 Å². The predicted octanol–water partition coefficient (Wildman–Crippen LogP) is 9.18.